The summed E-state index contributed by atoms with van der Waals surface area (Å²) < 4.78 is 0.356. The topological polar surface area (TPSA) is 72.0 Å². The molecule has 78 valence electrons. The van der Waals surface area contributed by atoms with Crippen LogP contribution in [0.25, 0.3) is 0 Å². The van der Waals surface area contributed by atoms with E-state index in [2.05, 4.69) is 25.9 Å². The number of thioether (sulfide) groups is 1. The Kier molecular flexibility index (Phi) is 3.74. The van der Waals surface area contributed by atoms with Crippen LogP contribution in [0, 0.1) is 0 Å². The van der Waals surface area contributed by atoms with Gasteiger partial charge in [-0.25, -0.2) is 9.97 Å². The van der Waals surface area contributed by atoms with Gasteiger partial charge >= 0.3 is 0 Å². The third-order valence-electron chi connectivity index (χ3n) is 1.44. The van der Waals surface area contributed by atoms with Crippen molar-refractivity contribution in [1.82, 2.24) is 9.97 Å². The molecular weight excluding hydrogens is 266 g/mol. The molecule has 14 heavy (non-hydrogen) atoms. The van der Waals surface area contributed by atoms with Crippen molar-refractivity contribution in [3.63, 3.8) is 0 Å². The largest absolute Gasteiger partial charge is 0.395 e. The predicted molar refractivity (Wildman–Crippen MR) is 61.2 cm³/mol. The van der Waals surface area contributed by atoms with E-state index in [1.807, 2.05) is 13.8 Å². The first kappa shape index (κ1) is 11.7. The molecule has 0 spiro atoms. The molecule has 0 atom stereocenters. The smallest absolute Gasteiger partial charge is 0.191 e. The highest BCUT2D eigenvalue weighted by atomic mass is 79.9. The second-order valence-electron chi connectivity index (χ2n) is 3.42. The lowest BCUT2D eigenvalue weighted by atomic mass is 10.2. The number of rotatable bonds is 3. The molecule has 6 heteroatoms. The van der Waals surface area contributed by atoms with Gasteiger partial charge < -0.3 is 10.8 Å². The Hall–Kier alpha value is -0.330. The van der Waals surface area contributed by atoms with Crippen molar-refractivity contribution in [2.75, 3.05) is 12.3 Å². The Balaban J connectivity index is 2.87. The summed E-state index contributed by atoms with van der Waals surface area (Å²) >= 11 is 4.63. The van der Waals surface area contributed by atoms with Crippen LogP contribution in [0.1, 0.15) is 13.8 Å². The molecule has 0 aliphatic carbocycles. The van der Waals surface area contributed by atoms with E-state index in [0.717, 1.165) is 0 Å². The highest BCUT2D eigenvalue weighted by Gasteiger charge is 2.20. The Morgan fingerprint density at radius 1 is 1.57 bits per heavy atom. The molecule has 0 bridgehead atoms. The molecule has 0 aliphatic rings. The standard InChI is InChI=1S/C8H12BrN3OS/c1-8(2,4-13)14-7-11-5(9)3-6(10)12-7/h3,13H,4H2,1-2H3,(H2,10,11,12). The molecule has 0 aromatic carbocycles. The summed E-state index contributed by atoms with van der Waals surface area (Å²) in [5.74, 6) is 0.420. The molecule has 0 aliphatic heterocycles. The normalized spacial score (nSPS) is 11.7. The number of anilines is 1. The third-order valence-corrected chi connectivity index (χ3v) is 2.90. The molecule has 3 N–H and O–H groups in total. The summed E-state index contributed by atoms with van der Waals surface area (Å²) in [6, 6.07) is 1.63. The molecule has 0 saturated heterocycles. The monoisotopic (exact) mass is 277 g/mol. The van der Waals surface area contributed by atoms with E-state index in [1.54, 1.807) is 6.07 Å². The number of aliphatic hydroxyl groups is 1. The van der Waals surface area contributed by atoms with E-state index in [-0.39, 0.29) is 11.4 Å². The number of hydrogen-bond donors (Lipinski definition) is 2. The van der Waals surface area contributed by atoms with Gasteiger partial charge in [0.25, 0.3) is 0 Å². The maximum absolute atomic E-state index is 9.07. The Bertz CT molecular complexity index is 312. The number of nitrogens with zero attached hydrogens (tertiary/aromatic N) is 2. The van der Waals surface area contributed by atoms with Gasteiger partial charge in [-0.05, 0) is 29.8 Å². The molecule has 1 aromatic heterocycles. The maximum Gasteiger partial charge on any atom is 0.191 e. The maximum atomic E-state index is 9.07. The van der Waals surface area contributed by atoms with E-state index in [9.17, 15) is 0 Å². The van der Waals surface area contributed by atoms with Crippen LogP contribution in [-0.4, -0.2) is 26.4 Å². The zero-order valence-electron chi connectivity index (χ0n) is 7.99. The van der Waals surface area contributed by atoms with Crippen LogP contribution in [0.15, 0.2) is 15.8 Å². The molecule has 1 heterocycles. The molecule has 0 saturated carbocycles. The number of halogens is 1. The van der Waals surface area contributed by atoms with Crippen molar-refractivity contribution >= 4 is 33.5 Å². The van der Waals surface area contributed by atoms with E-state index >= 15 is 0 Å². The minimum absolute atomic E-state index is 0.0629. The van der Waals surface area contributed by atoms with Gasteiger partial charge in [-0.15, -0.1) is 0 Å². The second kappa shape index (κ2) is 4.46. The van der Waals surface area contributed by atoms with Crippen LogP contribution < -0.4 is 5.73 Å². The highest BCUT2D eigenvalue weighted by molar-refractivity contribution is 9.10. The fraction of sp³-hybridized carbons (Fsp3) is 0.500. The van der Waals surface area contributed by atoms with Crippen molar-refractivity contribution in [3.8, 4) is 0 Å². The van der Waals surface area contributed by atoms with Crippen LogP contribution in [0.4, 0.5) is 5.82 Å². The number of nitrogens with two attached hydrogens (primary N) is 1. The predicted octanol–water partition coefficient (Wildman–Crippen LogP) is 1.68. The van der Waals surface area contributed by atoms with Crippen molar-refractivity contribution in [2.45, 2.75) is 23.8 Å². The molecule has 0 fully saturated rings. The van der Waals surface area contributed by atoms with Gasteiger partial charge in [0.15, 0.2) is 5.16 Å². The van der Waals surface area contributed by atoms with Gasteiger partial charge in [-0.1, -0.05) is 11.8 Å². The van der Waals surface area contributed by atoms with Crippen LogP contribution in [0.2, 0.25) is 0 Å². The Morgan fingerprint density at radius 2 is 2.21 bits per heavy atom. The Labute approximate surface area is 95.5 Å². The second-order valence-corrected chi connectivity index (χ2v) is 5.90. The first-order chi connectivity index (χ1) is 6.43. The van der Waals surface area contributed by atoms with Crippen LogP contribution in [0.5, 0.6) is 0 Å². The number of hydrogen-bond acceptors (Lipinski definition) is 5. The van der Waals surface area contributed by atoms with Gasteiger partial charge in [0.2, 0.25) is 0 Å². The number of aliphatic hydroxyl groups excluding tert-OH is 1. The fourth-order valence-corrected chi connectivity index (χ4v) is 2.11. The third kappa shape index (κ3) is 3.43. The van der Waals surface area contributed by atoms with Gasteiger partial charge in [-0.2, -0.15) is 0 Å². The van der Waals surface area contributed by atoms with Gasteiger partial charge in [0, 0.05) is 10.8 Å². The zero-order valence-corrected chi connectivity index (χ0v) is 10.4. The van der Waals surface area contributed by atoms with Gasteiger partial charge in [0.05, 0.1) is 6.61 Å². The summed E-state index contributed by atoms with van der Waals surface area (Å²) in [6.07, 6.45) is 0. The van der Waals surface area contributed by atoms with Crippen LogP contribution >= 0.6 is 27.7 Å². The number of aromatic nitrogens is 2. The van der Waals surface area contributed by atoms with Gasteiger partial charge in [0.1, 0.15) is 10.4 Å². The average molecular weight is 278 g/mol. The quantitative estimate of drug-likeness (QED) is 0.500. The van der Waals surface area contributed by atoms with Crippen LogP contribution in [-0.2, 0) is 0 Å². The number of nitrogen functional groups attached to an aromatic ring is 1. The Morgan fingerprint density at radius 3 is 2.71 bits per heavy atom. The molecule has 0 radical (unpaired) electrons. The van der Waals surface area contributed by atoms with E-state index < -0.39 is 0 Å². The van der Waals surface area contributed by atoms with Crippen LogP contribution in [0.3, 0.4) is 0 Å². The van der Waals surface area contributed by atoms with E-state index in [1.165, 1.54) is 11.8 Å². The first-order valence-electron chi connectivity index (χ1n) is 4.03. The minimum Gasteiger partial charge on any atom is -0.395 e. The van der Waals surface area contributed by atoms with Crippen molar-refractivity contribution in [1.29, 1.82) is 0 Å². The van der Waals surface area contributed by atoms with Gasteiger partial charge in [-0.3, -0.25) is 0 Å². The zero-order chi connectivity index (χ0) is 10.8. The summed E-state index contributed by atoms with van der Waals surface area (Å²) in [4.78, 5) is 8.20. The summed E-state index contributed by atoms with van der Waals surface area (Å²) in [5, 5.41) is 9.64. The molecule has 1 aromatic rings. The summed E-state index contributed by atoms with van der Waals surface area (Å²) in [6.45, 7) is 3.89. The lowest BCUT2D eigenvalue weighted by Gasteiger charge is -2.19. The molecule has 1 rings (SSSR count). The van der Waals surface area contributed by atoms with Crippen molar-refractivity contribution in [3.05, 3.63) is 10.7 Å². The molecule has 0 amide bonds. The lowest BCUT2D eigenvalue weighted by molar-refractivity contribution is 0.265. The van der Waals surface area contributed by atoms with E-state index in [0.29, 0.717) is 15.6 Å². The van der Waals surface area contributed by atoms with Crippen molar-refractivity contribution < 1.29 is 5.11 Å². The summed E-state index contributed by atoms with van der Waals surface area (Å²) in [7, 11) is 0. The van der Waals surface area contributed by atoms with Crippen molar-refractivity contribution in [2.24, 2.45) is 0 Å². The highest BCUT2D eigenvalue weighted by Crippen LogP contribution is 2.30. The van der Waals surface area contributed by atoms with E-state index in [4.69, 9.17) is 10.8 Å². The lowest BCUT2D eigenvalue weighted by Crippen LogP contribution is -2.20. The molecular formula is C8H12BrN3OS. The molecule has 4 nitrogen and oxygen atoms in total. The molecule has 0 unspecified atom stereocenters. The fourth-order valence-electron chi connectivity index (χ4n) is 0.738. The summed E-state index contributed by atoms with van der Waals surface area (Å²) in [5.41, 5.74) is 5.56. The SMILES string of the molecule is CC(C)(CO)Sc1nc(N)cc(Br)n1. The minimum atomic E-state index is -0.298. The first-order valence-corrected chi connectivity index (χ1v) is 5.64. The average Bonchev–Trinajstić information content (AvgIpc) is 2.01.